The summed E-state index contributed by atoms with van der Waals surface area (Å²) in [7, 11) is 0. The maximum absolute atomic E-state index is 13.2. The number of aromatic nitrogens is 2. The Bertz CT molecular complexity index is 690. The van der Waals surface area contributed by atoms with Gasteiger partial charge < -0.3 is 9.88 Å². The summed E-state index contributed by atoms with van der Waals surface area (Å²) < 4.78 is 41.4. The summed E-state index contributed by atoms with van der Waals surface area (Å²) in [4.78, 5) is 3.77. The molecule has 1 aromatic heterocycles. The number of imidazole rings is 1. The lowest BCUT2D eigenvalue weighted by molar-refractivity contribution is -0.141. The highest BCUT2D eigenvalue weighted by molar-refractivity contribution is 6.34. The van der Waals surface area contributed by atoms with Crippen LogP contribution >= 0.6 is 23.2 Å². The Morgan fingerprint density at radius 1 is 1.18 bits per heavy atom. The molecule has 0 spiro atoms. The Morgan fingerprint density at radius 3 is 2.50 bits per heavy atom. The number of hydrogen-bond donors (Lipinski definition) is 1. The van der Waals surface area contributed by atoms with Gasteiger partial charge in [-0.25, -0.2) is 4.98 Å². The van der Waals surface area contributed by atoms with Crippen molar-refractivity contribution in [2.24, 2.45) is 0 Å². The first kappa shape index (κ1) is 15.6. The van der Waals surface area contributed by atoms with E-state index >= 15 is 0 Å². The van der Waals surface area contributed by atoms with Gasteiger partial charge in [-0.1, -0.05) is 23.2 Å². The molecule has 1 aromatic carbocycles. The van der Waals surface area contributed by atoms with Crippen molar-refractivity contribution < 1.29 is 13.2 Å². The van der Waals surface area contributed by atoms with Crippen molar-refractivity contribution in [3.05, 3.63) is 51.0 Å². The molecule has 0 radical (unpaired) electrons. The first-order valence-electron chi connectivity index (χ1n) is 6.66. The van der Waals surface area contributed by atoms with E-state index < -0.39 is 11.9 Å². The van der Waals surface area contributed by atoms with Gasteiger partial charge in [0.05, 0.1) is 12.2 Å². The van der Waals surface area contributed by atoms with Crippen LogP contribution in [0.5, 0.6) is 0 Å². The van der Waals surface area contributed by atoms with Crippen molar-refractivity contribution in [2.45, 2.75) is 25.7 Å². The van der Waals surface area contributed by atoms with E-state index in [0.717, 1.165) is 0 Å². The van der Waals surface area contributed by atoms with Crippen molar-refractivity contribution in [1.82, 2.24) is 14.9 Å². The molecule has 8 heteroatoms. The summed E-state index contributed by atoms with van der Waals surface area (Å²) in [6.45, 7) is 1.41. The second kappa shape index (κ2) is 5.76. The van der Waals surface area contributed by atoms with Gasteiger partial charge >= 0.3 is 6.18 Å². The van der Waals surface area contributed by atoms with E-state index in [1.165, 1.54) is 0 Å². The van der Waals surface area contributed by atoms with Crippen molar-refractivity contribution in [3.8, 4) is 0 Å². The van der Waals surface area contributed by atoms with Crippen LogP contribution in [0.4, 0.5) is 13.2 Å². The van der Waals surface area contributed by atoms with Crippen LogP contribution < -0.4 is 5.32 Å². The third-order valence-electron chi connectivity index (χ3n) is 3.51. The molecule has 1 aliphatic heterocycles. The van der Waals surface area contributed by atoms with Gasteiger partial charge in [-0.2, -0.15) is 13.2 Å². The summed E-state index contributed by atoms with van der Waals surface area (Å²) in [6, 6.07) is 4.79. The fourth-order valence-corrected chi connectivity index (χ4v) is 3.21. The third-order valence-corrected chi connectivity index (χ3v) is 3.95. The molecular formula is C14H12Cl2F3N3. The van der Waals surface area contributed by atoms with E-state index in [1.807, 2.05) is 0 Å². The second-order valence-electron chi connectivity index (χ2n) is 5.10. The Balaban J connectivity index is 2.06. The van der Waals surface area contributed by atoms with Crippen LogP contribution in [-0.4, -0.2) is 16.1 Å². The molecule has 0 atom stereocenters. The molecule has 118 valence electrons. The normalized spacial score (nSPS) is 15.0. The van der Waals surface area contributed by atoms with Crippen molar-refractivity contribution in [2.75, 3.05) is 6.54 Å². The minimum Gasteiger partial charge on any atom is -0.329 e. The highest BCUT2D eigenvalue weighted by Crippen LogP contribution is 2.34. The summed E-state index contributed by atoms with van der Waals surface area (Å²) in [6.07, 6.45) is -4.40. The summed E-state index contributed by atoms with van der Waals surface area (Å²) in [5.74, 6) is 0.404. The maximum Gasteiger partial charge on any atom is 0.435 e. The van der Waals surface area contributed by atoms with E-state index in [9.17, 15) is 13.2 Å². The minimum atomic E-state index is -4.48. The number of halogens is 5. The van der Waals surface area contributed by atoms with Gasteiger partial charge in [-0.15, -0.1) is 0 Å². The van der Waals surface area contributed by atoms with Gasteiger partial charge in [0.25, 0.3) is 0 Å². The fraction of sp³-hybridized carbons (Fsp3) is 0.357. The first-order valence-corrected chi connectivity index (χ1v) is 7.41. The number of nitrogens with one attached hydrogen (secondary N) is 1. The van der Waals surface area contributed by atoms with Crippen LogP contribution in [0.15, 0.2) is 18.2 Å². The average Bonchev–Trinajstić information content (AvgIpc) is 2.77. The standard InChI is InChI=1S/C14H12Cl2F3N3/c15-9-3-8(4-10(16)6-9)5-11-13(14(17,18)19)21-12-7-20-1-2-22(11)12/h3-4,6,20H,1-2,5,7H2. The van der Waals surface area contributed by atoms with E-state index in [1.54, 1.807) is 22.8 Å². The van der Waals surface area contributed by atoms with E-state index in [4.69, 9.17) is 23.2 Å². The lowest BCUT2D eigenvalue weighted by Gasteiger charge is -2.18. The van der Waals surface area contributed by atoms with Gasteiger partial charge in [-0.3, -0.25) is 0 Å². The fourth-order valence-electron chi connectivity index (χ4n) is 2.64. The number of alkyl halides is 3. The lowest BCUT2D eigenvalue weighted by Crippen LogP contribution is -2.29. The van der Waals surface area contributed by atoms with Crippen LogP contribution in [0.3, 0.4) is 0 Å². The van der Waals surface area contributed by atoms with Gasteiger partial charge in [0, 0.05) is 29.6 Å². The molecule has 22 heavy (non-hydrogen) atoms. The molecule has 2 heterocycles. The molecular weight excluding hydrogens is 338 g/mol. The maximum atomic E-state index is 13.2. The van der Waals surface area contributed by atoms with Gasteiger partial charge in [0.1, 0.15) is 5.82 Å². The molecule has 0 amide bonds. The third kappa shape index (κ3) is 3.09. The topological polar surface area (TPSA) is 29.9 Å². The smallest absolute Gasteiger partial charge is 0.329 e. The molecule has 0 saturated carbocycles. The van der Waals surface area contributed by atoms with Crippen LogP contribution in [0.25, 0.3) is 0 Å². The van der Waals surface area contributed by atoms with E-state index in [0.29, 0.717) is 41.1 Å². The number of benzene rings is 1. The SMILES string of the molecule is FC(F)(F)c1nc2n(c1Cc1cc(Cl)cc(Cl)c1)CCNC2. The Morgan fingerprint density at radius 2 is 1.86 bits per heavy atom. The monoisotopic (exact) mass is 349 g/mol. The minimum absolute atomic E-state index is 0.0854. The van der Waals surface area contributed by atoms with Crippen LogP contribution in [0.1, 0.15) is 22.8 Å². The predicted octanol–water partition coefficient (Wildman–Crippen LogP) is 3.90. The largest absolute Gasteiger partial charge is 0.435 e. The van der Waals surface area contributed by atoms with Crippen LogP contribution in [-0.2, 0) is 25.7 Å². The highest BCUT2D eigenvalue weighted by atomic mass is 35.5. The van der Waals surface area contributed by atoms with Crippen molar-refractivity contribution in [1.29, 1.82) is 0 Å². The number of nitrogens with zero attached hydrogens (tertiary/aromatic N) is 2. The molecule has 0 saturated heterocycles. The summed E-state index contributed by atoms with van der Waals surface area (Å²) >= 11 is 11.8. The molecule has 0 aliphatic carbocycles. The number of rotatable bonds is 2. The predicted molar refractivity (Wildman–Crippen MR) is 78.2 cm³/mol. The quantitative estimate of drug-likeness (QED) is 0.890. The number of fused-ring (bicyclic) bond motifs is 1. The molecule has 2 aromatic rings. The van der Waals surface area contributed by atoms with E-state index in [2.05, 4.69) is 10.3 Å². The summed E-state index contributed by atoms with van der Waals surface area (Å²) in [5, 5.41) is 3.82. The zero-order chi connectivity index (χ0) is 15.9. The number of hydrogen-bond acceptors (Lipinski definition) is 2. The molecule has 0 fully saturated rings. The van der Waals surface area contributed by atoms with E-state index in [-0.39, 0.29) is 12.1 Å². The molecule has 0 bridgehead atoms. The zero-order valence-corrected chi connectivity index (χ0v) is 12.9. The highest BCUT2D eigenvalue weighted by Gasteiger charge is 2.39. The van der Waals surface area contributed by atoms with Gasteiger partial charge in [0.2, 0.25) is 0 Å². The molecule has 3 nitrogen and oxygen atoms in total. The lowest BCUT2D eigenvalue weighted by atomic mass is 10.1. The van der Waals surface area contributed by atoms with Crippen molar-refractivity contribution in [3.63, 3.8) is 0 Å². The molecule has 1 aliphatic rings. The second-order valence-corrected chi connectivity index (χ2v) is 5.98. The van der Waals surface area contributed by atoms with Crippen molar-refractivity contribution >= 4 is 23.2 Å². The van der Waals surface area contributed by atoms with Crippen LogP contribution in [0, 0.1) is 0 Å². The summed E-state index contributed by atoms with van der Waals surface area (Å²) in [5.41, 5.74) is -0.0473. The average molecular weight is 350 g/mol. The Hall–Kier alpha value is -1.24. The van der Waals surface area contributed by atoms with Gasteiger partial charge in [-0.05, 0) is 23.8 Å². The molecule has 0 unspecified atom stereocenters. The Labute approximate surface area is 135 Å². The first-order chi connectivity index (χ1) is 10.3. The zero-order valence-electron chi connectivity index (χ0n) is 11.3. The van der Waals surface area contributed by atoms with Gasteiger partial charge in [0.15, 0.2) is 5.69 Å². The molecule has 3 rings (SSSR count). The molecule has 1 N–H and O–H groups in total. The Kier molecular flexibility index (Phi) is 4.09. The van der Waals surface area contributed by atoms with Crippen LogP contribution in [0.2, 0.25) is 10.0 Å².